The van der Waals surface area contributed by atoms with Gasteiger partial charge in [-0.05, 0) is 25.2 Å². The van der Waals surface area contributed by atoms with Gasteiger partial charge in [-0.2, -0.15) is 0 Å². The van der Waals surface area contributed by atoms with E-state index in [1.54, 1.807) is 6.07 Å². The molecule has 3 nitrogen and oxygen atoms in total. The van der Waals surface area contributed by atoms with E-state index < -0.39 is 0 Å². The number of nitrogens with zero attached hydrogens (tertiary/aromatic N) is 2. The van der Waals surface area contributed by atoms with E-state index in [0.717, 1.165) is 39.3 Å². The zero-order valence-electron chi connectivity index (χ0n) is 10.6. The van der Waals surface area contributed by atoms with E-state index in [2.05, 4.69) is 22.2 Å². The van der Waals surface area contributed by atoms with Crippen LogP contribution in [0.1, 0.15) is 0 Å². The fraction of sp³-hybridized carbons (Fsp3) is 0.538. The zero-order valence-corrected chi connectivity index (χ0v) is 11.4. The average Bonchev–Trinajstić information content (AvgIpc) is 2.36. The predicted molar refractivity (Wildman–Crippen MR) is 73.8 cm³/mol. The first kappa shape index (κ1) is 13.6. The molecule has 5 heteroatoms. The number of benzene rings is 1. The standard InChI is InChI=1S/C13H19ClFN3/c1-17-6-8-18(9-7-17)5-4-16-13-10-11(15)2-3-12(13)14/h2-3,10,16H,4-9H2,1H3. The molecule has 0 bridgehead atoms. The lowest BCUT2D eigenvalue weighted by Crippen LogP contribution is -2.45. The zero-order chi connectivity index (χ0) is 13.0. The highest BCUT2D eigenvalue weighted by Crippen LogP contribution is 2.21. The summed E-state index contributed by atoms with van der Waals surface area (Å²) in [5, 5.41) is 3.75. The minimum absolute atomic E-state index is 0.263. The number of anilines is 1. The Labute approximate surface area is 113 Å². The minimum atomic E-state index is -0.263. The Hall–Kier alpha value is -0.840. The highest BCUT2D eigenvalue weighted by atomic mass is 35.5. The topological polar surface area (TPSA) is 18.5 Å². The number of rotatable bonds is 4. The van der Waals surface area contributed by atoms with Crippen LogP contribution < -0.4 is 5.32 Å². The minimum Gasteiger partial charge on any atom is -0.382 e. The largest absolute Gasteiger partial charge is 0.382 e. The van der Waals surface area contributed by atoms with Gasteiger partial charge in [0.15, 0.2) is 0 Å². The maximum atomic E-state index is 13.1. The molecule has 1 aromatic rings. The Morgan fingerprint density at radius 2 is 2.00 bits per heavy atom. The van der Waals surface area contributed by atoms with Crippen LogP contribution in [0, 0.1) is 5.82 Å². The summed E-state index contributed by atoms with van der Waals surface area (Å²) in [4.78, 5) is 4.73. The van der Waals surface area contributed by atoms with Crippen molar-refractivity contribution in [3.8, 4) is 0 Å². The van der Waals surface area contributed by atoms with Crippen LogP contribution in [0.5, 0.6) is 0 Å². The Kier molecular flexibility index (Phi) is 4.80. The SMILES string of the molecule is CN1CCN(CCNc2cc(F)ccc2Cl)CC1. The lowest BCUT2D eigenvalue weighted by molar-refractivity contribution is 0.158. The molecular weight excluding hydrogens is 253 g/mol. The van der Waals surface area contributed by atoms with Crippen molar-refractivity contribution in [2.45, 2.75) is 0 Å². The third-order valence-electron chi connectivity index (χ3n) is 3.27. The second-order valence-electron chi connectivity index (χ2n) is 4.70. The fourth-order valence-corrected chi connectivity index (χ4v) is 2.24. The average molecular weight is 272 g/mol. The molecule has 0 amide bonds. The second kappa shape index (κ2) is 6.36. The number of halogens is 2. The van der Waals surface area contributed by atoms with Crippen molar-refractivity contribution >= 4 is 17.3 Å². The first-order valence-electron chi connectivity index (χ1n) is 6.25. The van der Waals surface area contributed by atoms with Crippen LogP contribution in [0.25, 0.3) is 0 Å². The molecule has 1 heterocycles. The molecule has 2 rings (SSSR count). The molecule has 0 unspecified atom stereocenters. The van der Waals surface area contributed by atoms with Gasteiger partial charge in [-0.25, -0.2) is 4.39 Å². The Morgan fingerprint density at radius 1 is 1.28 bits per heavy atom. The monoisotopic (exact) mass is 271 g/mol. The van der Waals surface area contributed by atoms with Crippen LogP contribution in [0.3, 0.4) is 0 Å². The molecule has 1 aliphatic rings. The summed E-state index contributed by atoms with van der Waals surface area (Å²) in [6.45, 7) is 6.15. The Balaban J connectivity index is 1.76. The summed E-state index contributed by atoms with van der Waals surface area (Å²) in [5.74, 6) is -0.263. The summed E-state index contributed by atoms with van der Waals surface area (Å²) >= 11 is 5.99. The van der Waals surface area contributed by atoms with Crippen LogP contribution in [0.2, 0.25) is 5.02 Å². The molecule has 18 heavy (non-hydrogen) atoms. The van der Waals surface area contributed by atoms with Gasteiger partial charge in [0.1, 0.15) is 5.82 Å². The number of hydrogen-bond acceptors (Lipinski definition) is 3. The van der Waals surface area contributed by atoms with Crippen molar-refractivity contribution in [1.82, 2.24) is 9.80 Å². The van der Waals surface area contributed by atoms with Crippen molar-refractivity contribution in [3.63, 3.8) is 0 Å². The highest BCUT2D eigenvalue weighted by Gasteiger charge is 2.12. The maximum absolute atomic E-state index is 13.1. The molecule has 1 aromatic carbocycles. The molecule has 1 aliphatic heterocycles. The molecule has 1 fully saturated rings. The molecule has 0 aromatic heterocycles. The molecule has 1 saturated heterocycles. The summed E-state index contributed by atoms with van der Waals surface area (Å²) in [6.07, 6.45) is 0. The maximum Gasteiger partial charge on any atom is 0.125 e. The highest BCUT2D eigenvalue weighted by molar-refractivity contribution is 6.33. The van der Waals surface area contributed by atoms with E-state index in [-0.39, 0.29) is 5.82 Å². The van der Waals surface area contributed by atoms with E-state index in [1.807, 2.05) is 0 Å². The first-order valence-corrected chi connectivity index (χ1v) is 6.63. The summed E-state index contributed by atoms with van der Waals surface area (Å²) in [6, 6.07) is 4.38. The van der Waals surface area contributed by atoms with Crippen LogP contribution in [0.4, 0.5) is 10.1 Å². The van der Waals surface area contributed by atoms with E-state index in [1.165, 1.54) is 12.1 Å². The third kappa shape index (κ3) is 3.83. The fourth-order valence-electron chi connectivity index (χ4n) is 2.05. The normalized spacial score (nSPS) is 17.9. The molecular formula is C13H19ClFN3. The van der Waals surface area contributed by atoms with Gasteiger partial charge in [0.05, 0.1) is 10.7 Å². The van der Waals surface area contributed by atoms with Gasteiger partial charge in [0, 0.05) is 39.3 Å². The predicted octanol–water partition coefficient (Wildman–Crippen LogP) is 2.14. The Morgan fingerprint density at radius 3 is 2.72 bits per heavy atom. The van der Waals surface area contributed by atoms with Gasteiger partial charge in [-0.1, -0.05) is 11.6 Å². The number of hydrogen-bond donors (Lipinski definition) is 1. The molecule has 0 aliphatic carbocycles. The molecule has 0 saturated carbocycles. The van der Waals surface area contributed by atoms with Crippen LogP contribution in [-0.2, 0) is 0 Å². The van der Waals surface area contributed by atoms with Crippen LogP contribution in [0.15, 0.2) is 18.2 Å². The third-order valence-corrected chi connectivity index (χ3v) is 3.60. The second-order valence-corrected chi connectivity index (χ2v) is 5.10. The van der Waals surface area contributed by atoms with E-state index in [4.69, 9.17) is 11.6 Å². The van der Waals surface area contributed by atoms with Gasteiger partial charge in [0.2, 0.25) is 0 Å². The summed E-state index contributed by atoms with van der Waals surface area (Å²) in [7, 11) is 2.14. The van der Waals surface area contributed by atoms with Gasteiger partial charge in [-0.15, -0.1) is 0 Å². The van der Waals surface area contributed by atoms with Crippen molar-refractivity contribution in [2.24, 2.45) is 0 Å². The quantitative estimate of drug-likeness (QED) is 0.905. The van der Waals surface area contributed by atoms with Gasteiger partial charge >= 0.3 is 0 Å². The summed E-state index contributed by atoms with van der Waals surface area (Å²) < 4.78 is 13.1. The van der Waals surface area contributed by atoms with Gasteiger partial charge in [-0.3, -0.25) is 4.90 Å². The first-order chi connectivity index (χ1) is 8.65. The van der Waals surface area contributed by atoms with E-state index in [0.29, 0.717) is 10.7 Å². The molecule has 0 spiro atoms. The lowest BCUT2D eigenvalue weighted by Gasteiger charge is -2.32. The smallest absolute Gasteiger partial charge is 0.125 e. The number of piperazine rings is 1. The van der Waals surface area contributed by atoms with Gasteiger partial charge in [0.25, 0.3) is 0 Å². The van der Waals surface area contributed by atoms with Crippen molar-refractivity contribution < 1.29 is 4.39 Å². The molecule has 1 N–H and O–H groups in total. The van der Waals surface area contributed by atoms with Crippen LogP contribution in [-0.4, -0.2) is 56.1 Å². The number of likely N-dealkylation sites (N-methyl/N-ethyl adjacent to an activating group) is 1. The molecule has 100 valence electrons. The van der Waals surface area contributed by atoms with Crippen LogP contribution >= 0.6 is 11.6 Å². The van der Waals surface area contributed by atoms with Crippen molar-refractivity contribution in [1.29, 1.82) is 0 Å². The Bertz CT molecular complexity index is 392. The molecule has 0 radical (unpaired) electrons. The molecule has 0 atom stereocenters. The number of nitrogens with one attached hydrogen (secondary N) is 1. The summed E-state index contributed by atoms with van der Waals surface area (Å²) in [5.41, 5.74) is 0.672. The van der Waals surface area contributed by atoms with Crippen molar-refractivity contribution in [2.75, 3.05) is 51.6 Å². The van der Waals surface area contributed by atoms with Gasteiger partial charge < -0.3 is 10.2 Å². The lowest BCUT2D eigenvalue weighted by atomic mass is 10.3. The van der Waals surface area contributed by atoms with Crippen molar-refractivity contribution in [3.05, 3.63) is 29.0 Å². The van der Waals surface area contributed by atoms with E-state index in [9.17, 15) is 4.39 Å². The van der Waals surface area contributed by atoms with E-state index >= 15 is 0 Å².